The molecule has 0 aromatic heterocycles. The van der Waals surface area contributed by atoms with Crippen LogP contribution < -0.4 is 5.32 Å². The lowest BCUT2D eigenvalue weighted by molar-refractivity contribution is -0.139. The lowest BCUT2D eigenvalue weighted by Crippen LogP contribution is -2.43. The zero-order valence-electron chi connectivity index (χ0n) is 10.6. The summed E-state index contributed by atoms with van der Waals surface area (Å²) in [5.41, 5.74) is -0.709. The van der Waals surface area contributed by atoms with Crippen molar-refractivity contribution in [2.45, 2.75) is 45.3 Å². The highest BCUT2D eigenvalue weighted by molar-refractivity contribution is 7.79. The van der Waals surface area contributed by atoms with Crippen molar-refractivity contribution in [1.82, 2.24) is 5.32 Å². The lowest BCUT2D eigenvalue weighted by atomic mass is 10.2. The highest BCUT2D eigenvalue weighted by Crippen LogP contribution is 2.07. The van der Waals surface area contributed by atoms with Gasteiger partial charge in [-0.3, -0.25) is 0 Å². The fourth-order valence-corrected chi connectivity index (χ4v) is 1.53. The van der Waals surface area contributed by atoms with Gasteiger partial charge in [-0.25, -0.2) is 13.8 Å². The van der Waals surface area contributed by atoms with Gasteiger partial charge in [0.05, 0.1) is 0 Å². The quantitative estimate of drug-likeness (QED) is 0.625. The minimum atomic E-state index is -1.96. The topological polar surface area (TPSA) is 113 Å². The fraction of sp³-hybridized carbons (Fsp3) is 0.800. The third-order valence-electron chi connectivity index (χ3n) is 1.80. The van der Waals surface area contributed by atoms with E-state index < -0.39 is 34.8 Å². The van der Waals surface area contributed by atoms with Crippen LogP contribution in [0, 0.1) is 0 Å². The summed E-state index contributed by atoms with van der Waals surface area (Å²) in [5.74, 6) is -1.23. The summed E-state index contributed by atoms with van der Waals surface area (Å²) < 4.78 is 23.9. The number of amides is 1. The molecule has 0 heterocycles. The normalized spacial score (nSPS) is 14.7. The third kappa shape index (κ3) is 8.94. The van der Waals surface area contributed by atoms with Crippen LogP contribution in [0.5, 0.6) is 0 Å². The van der Waals surface area contributed by atoms with E-state index in [1.165, 1.54) is 0 Å². The fourth-order valence-electron chi connectivity index (χ4n) is 1.12. The van der Waals surface area contributed by atoms with E-state index in [0.29, 0.717) is 0 Å². The first kappa shape index (κ1) is 16.9. The molecule has 7 nitrogen and oxygen atoms in total. The van der Waals surface area contributed by atoms with E-state index in [0.717, 1.165) is 0 Å². The molecule has 0 spiro atoms. The molecule has 0 aromatic rings. The minimum absolute atomic E-state index is 0.0280. The van der Waals surface area contributed by atoms with Crippen LogP contribution in [0.3, 0.4) is 0 Å². The van der Waals surface area contributed by atoms with Gasteiger partial charge in [0, 0.05) is 5.75 Å². The van der Waals surface area contributed by atoms with Gasteiger partial charge in [-0.05, 0) is 33.6 Å². The second-order valence-corrected chi connectivity index (χ2v) is 5.76. The summed E-state index contributed by atoms with van der Waals surface area (Å²) in [7, 11) is 0. The molecule has 1 unspecified atom stereocenters. The number of carboxylic acid groups (broad SMARTS) is 1. The molecule has 1 amide bonds. The van der Waals surface area contributed by atoms with Crippen LogP contribution in [0.2, 0.25) is 0 Å². The Morgan fingerprint density at radius 3 is 2.33 bits per heavy atom. The smallest absolute Gasteiger partial charge is 0.408 e. The van der Waals surface area contributed by atoms with Crippen LogP contribution in [0.25, 0.3) is 0 Å². The van der Waals surface area contributed by atoms with Crippen LogP contribution in [-0.2, 0) is 20.6 Å². The summed E-state index contributed by atoms with van der Waals surface area (Å²) in [6.07, 6.45) is -0.531. The van der Waals surface area contributed by atoms with E-state index in [1.807, 2.05) is 0 Å². The molecule has 8 heteroatoms. The van der Waals surface area contributed by atoms with Crippen molar-refractivity contribution in [1.29, 1.82) is 0 Å². The molecular weight excluding hydrogens is 262 g/mol. The number of aliphatic carboxylic acids is 1. The van der Waals surface area contributed by atoms with Crippen LogP contribution in [0.15, 0.2) is 0 Å². The number of ether oxygens (including phenoxy) is 1. The summed E-state index contributed by atoms with van der Waals surface area (Å²) >= 11 is -1.96. The van der Waals surface area contributed by atoms with Crippen molar-refractivity contribution in [2.24, 2.45) is 0 Å². The zero-order valence-corrected chi connectivity index (χ0v) is 11.5. The van der Waals surface area contributed by atoms with Gasteiger partial charge in [-0.2, -0.15) is 0 Å². The Balaban J connectivity index is 4.23. The Labute approximate surface area is 108 Å². The van der Waals surface area contributed by atoms with Crippen molar-refractivity contribution >= 4 is 23.1 Å². The first-order valence-electron chi connectivity index (χ1n) is 5.41. The van der Waals surface area contributed by atoms with Gasteiger partial charge in [-0.1, -0.05) is 0 Å². The molecule has 0 aromatic carbocycles. The number of hydrogen-bond acceptors (Lipinski definition) is 4. The number of rotatable bonds is 6. The van der Waals surface area contributed by atoms with Crippen LogP contribution in [0.1, 0.15) is 33.6 Å². The Morgan fingerprint density at radius 2 is 1.94 bits per heavy atom. The van der Waals surface area contributed by atoms with E-state index in [-0.39, 0.29) is 18.6 Å². The van der Waals surface area contributed by atoms with Crippen LogP contribution in [0.4, 0.5) is 4.79 Å². The van der Waals surface area contributed by atoms with E-state index in [1.54, 1.807) is 20.8 Å². The van der Waals surface area contributed by atoms with Gasteiger partial charge in [0.15, 0.2) is 11.1 Å². The standard InChI is InChI=1S/C10H19NO6S/c1-10(2,3)17-9(14)11-7(8(12)13)5-4-6-18(15)16/h7H,4-6H2,1-3H3,(H,11,14)(H,12,13)(H,15,16)/t7-/m0/s1. The second-order valence-electron chi connectivity index (χ2n) is 4.70. The van der Waals surface area contributed by atoms with Crippen LogP contribution >= 0.6 is 0 Å². The molecule has 0 saturated heterocycles. The number of alkyl carbamates (subject to hydrolysis) is 1. The molecule has 0 saturated carbocycles. The molecule has 2 atom stereocenters. The molecule has 0 fully saturated rings. The van der Waals surface area contributed by atoms with Gasteiger partial charge < -0.3 is 19.7 Å². The van der Waals surface area contributed by atoms with Crippen LogP contribution in [-0.4, -0.2) is 43.3 Å². The third-order valence-corrected chi connectivity index (χ3v) is 2.44. The van der Waals surface area contributed by atoms with Gasteiger partial charge in [-0.15, -0.1) is 0 Å². The van der Waals surface area contributed by atoms with Crippen molar-refractivity contribution in [3.63, 3.8) is 0 Å². The van der Waals surface area contributed by atoms with Gasteiger partial charge in [0.1, 0.15) is 11.6 Å². The molecule has 0 aliphatic heterocycles. The molecule has 0 aliphatic rings. The molecular formula is C10H19NO6S. The molecule has 106 valence electrons. The Morgan fingerprint density at radius 1 is 1.39 bits per heavy atom. The van der Waals surface area contributed by atoms with Crippen molar-refractivity contribution in [2.75, 3.05) is 5.75 Å². The van der Waals surface area contributed by atoms with Crippen molar-refractivity contribution in [3.05, 3.63) is 0 Å². The highest BCUT2D eigenvalue weighted by atomic mass is 32.2. The average Bonchev–Trinajstić information content (AvgIpc) is 2.12. The second kappa shape index (κ2) is 7.32. The van der Waals surface area contributed by atoms with E-state index >= 15 is 0 Å². The minimum Gasteiger partial charge on any atom is -0.480 e. The lowest BCUT2D eigenvalue weighted by Gasteiger charge is -2.21. The predicted octanol–water partition coefficient (Wildman–Crippen LogP) is 0.966. The predicted molar refractivity (Wildman–Crippen MR) is 65.7 cm³/mol. The maximum atomic E-state index is 11.4. The van der Waals surface area contributed by atoms with Gasteiger partial charge in [0.2, 0.25) is 0 Å². The maximum absolute atomic E-state index is 11.4. The van der Waals surface area contributed by atoms with E-state index in [4.69, 9.17) is 14.4 Å². The summed E-state index contributed by atoms with van der Waals surface area (Å²) in [4.78, 5) is 22.2. The Kier molecular flexibility index (Phi) is 6.85. The van der Waals surface area contributed by atoms with E-state index in [2.05, 4.69) is 5.32 Å². The average molecular weight is 281 g/mol. The maximum Gasteiger partial charge on any atom is 0.408 e. The first-order chi connectivity index (χ1) is 8.11. The summed E-state index contributed by atoms with van der Waals surface area (Å²) in [6, 6.07) is -1.12. The monoisotopic (exact) mass is 281 g/mol. The van der Waals surface area contributed by atoms with Gasteiger partial charge in [0.25, 0.3) is 0 Å². The molecule has 0 bridgehead atoms. The van der Waals surface area contributed by atoms with E-state index in [9.17, 15) is 13.8 Å². The largest absolute Gasteiger partial charge is 0.480 e. The number of hydrogen-bond donors (Lipinski definition) is 3. The molecule has 0 radical (unpaired) electrons. The Bertz CT molecular complexity index is 325. The number of nitrogens with one attached hydrogen (secondary N) is 1. The van der Waals surface area contributed by atoms with Crippen molar-refractivity contribution < 1.29 is 28.2 Å². The number of carbonyl (C=O) groups excluding carboxylic acids is 1. The highest BCUT2D eigenvalue weighted by Gasteiger charge is 2.23. The zero-order chi connectivity index (χ0) is 14.3. The summed E-state index contributed by atoms with van der Waals surface area (Å²) in [6.45, 7) is 4.99. The molecule has 0 aliphatic carbocycles. The number of carboxylic acids is 1. The summed E-state index contributed by atoms with van der Waals surface area (Å²) in [5, 5.41) is 11.1. The Hall–Kier alpha value is -1.15. The molecule has 18 heavy (non-hydrogen) atoms. The molecule has 0 rings (SSSR count). The number of carbonyl (C=O) groups is 2. The van der Waals surface area contributed by atoms with Gasteiger partial charge >= 0.3 is 12.1 Å². The molecule has 3 N–H and O–H groups in total. The first-order valence-corrected chi connectivity index (χ1v) is 6.69. The van der Waals surface area contributed by atoms with Crippen molar-refractivity contribution in [3.8, 4) is 0 Å². The SMILES string of the molecule is CC(C)(C)OC(=O)N[C@@H](CCCS(=O)O)C(=O)O.